The molecule has 0 aliphatic carbocycles. The summed E-state index contributed by atoms with van der Waals surface area (Å²) in [5.41, 5.74) is 0. The van der Waals surface area contributed by atoms with Crippen molar-refractivity contribution in [3.05, 3.63) is 0 Å². The Labute approximate surface area is 109 Å². The molecule has 0 aromatic carbocycles. The van der Waals surface area contributed by atoms with Crippen molar-refractivity contribution < 1.29 is 102 Å². The van der Waals surface area contributed by atoms with Crippen molar-refractivity contribution in [3.8, 4) is 0 Å². The van der Waals surface area contributed by atoms with Gasteiger partial charge in [0.15, 0.2) is 0 Å². The van der Waals surface area contributed by atoms with Crippen molar-refractivity contribution in [3.63, 3.8) is 0 Å². The smallest absolute Gasteiger partial charge is 2.00 e. The third-order valence-corrected chi connectivity index (χ3v) is 0. The van der Waals surface area contributed by atoms with E-state index in [4.69, 9.17) is 14.1 Å². The molecule has 0 N–H and O–H groups in total. The van der Waals surface area contributed by atoms with Gasteiger partial charge in [-0.15, -0.1) is 0 Å². The second kappa shape index (κ2) is 15.7. The molecule has 0 atom stereocenters. The SMILES string of the molecule is O=[Si]([O-])[O-].[O-2].[Pr+3].[Pr+3]. The molecule has 7 heavy (non-hydrogen) atoms. The standard InChI is InChI=1S/O3Si.O.2Pr/c1-4(2)3;;;/q2*-2;2*+3. The minimum Gasteiger partial charge on any atom is -2.00 e. The summed E-state index contributed by atoms with van der Waals surface area (Å²) in [4.78, 5) is 17.0. The fraction of sp³-hybridized carbons (Fsp3) is 0. The van der Waals surface area contributed by atoms with Gasteiger partial charge < -0.3 is 19.5 Å². The summed E-state index contributed by atoms with van der Waals surface area (Å²) in [6.07, 6.45) is 0. The molecule has 0 heterocycles. The van der Waals surface area contributed by atoms with Crippen LogP contribution in [0.5, 0.6) is 0 Å². The van der Waals surface area contributed by atoms with E-state index in [1.54, 1.807) is 0 Å². The van der Waals surface area contributed by atoms with Gasteiger partial charge in [-0.05, 0) is 0 Å². The van der Waals surface area contributed by atoms with Gasteiger partial charge in [-0.2, -0.15) is 0 Å². The minimum atomic E-state index is -3.63. The van der Waals surface area contributed by atoms with Gasteiger partial charge in [0, 0.05) is 9.17 Å². The predicted molar refractivity (Wildman–Crippen MR) is 7.13 cm³/mol. The van der Waals surface area contributed by atoms with Crippen LogP contribution in [0.3, 0.4) is 0 Å². The van der Waals surface area contributed by atoms with Gasteiger partial charge in [0.05, 0.1) is 0 Å². The molecule has 7 heteroatoms. The van der Waals surface area contributed by atoms with Crippen LogP contribution in [-0.2, 0) is 9.94 Å². The number of hydrogen-bond acceptors (Lipinski definition) is 3. The van der Waals surface area contributed by atoms with E-state index < -0.39 is 9.17 Å². The van der Waals surface area contributed by atoms with E-state index in [-0.39, 0.29) is 88.1 Å². The van der Waals surface area contributed by atoms with Crippen LogP contribution in [0.25, 0.3) is 0 Å². The first-order valence-corrected chi connectivity index (χ1v) is 1.84. The Hall–Kier alpha value is 2.30. The van der Waals surface area contributed by atoms with Gasteiger partial charge in [-0.3, -0.25) is 0 Å². The summed E-state index contributed by atoms with van der Waals surface area (Å²) < 4.78 is 8.52. The summed E-state index contributed by atoms with van der Waals surface area (Å²) in [5.74, 6) is 0. The number of hydrogen-bond donors (Lipinski definition) is 0. The van der Waals surface area contributed by atoms with Gasteiger partial charge in [0.2, 0.25) is 0 Å². The summed E-state index contributed by atoms with van der Waals surface area (Å²) >= 11 is 0. The van der Waals surface area contributed by atoms with Crippen molar-refractivity contribution in [1.29, 1.82) is 0 Å². The zero-order valence-electron chi connectivity index (χ0n) is 3.29. The van der Waals surface area contributed by atoms with E-state index in [0.717, 1.165) is 0 Å². The molecule has 4 nitrogen and oxygen atoms in total. The molecule has 32 valence electrons. The Morgan fingerprint density at radius 2 is 1.14 bits per heavy atom. The molecule has 0 amide bonds. The van der Waals surface area contributed by atoms with E-state index >= 15 is 0 Å². The van der Waals surface area contributed by atoms with Crippen LogP contribution >= 0.6 is 0 Å². The zero-order chi connectivity index (χ0) is 3.58. The maximum absolute atomic E-state index is 8.52. The Balaban J connectivity index is -0.0000000150. The molecule has 0 saturated heterocycles. The van der Waals surface area contributed by atoms with Crippen LogP contribution < -0.4 is 9.59 Å². The van der Waals surface area contributed by atoms with E-state index in [9.17, 15) is 0 Å². The van der Waals surface area contributed by atoms with Gasteiger partial charge in [0.1, 0.15) is 0 Å². The molecule has 0 unspecified atom stereocenters. The quantitative estimate of drug-likeness (QED) is 0.424. The molecule has 0 bridgehead atoms. The molecule has 0 radical (unpaired) electrons. The van der Waals surface area contributed by atoms with Gasteiger partial charge in [-0.25, -0.2) is 0 Å². The Kier molecular flexibility index (Phi) is 51.3. The van der Waals surface area contributed by atoms with Crippen molar-refractivity contribution in [2.24, 2.45) is 0 Å². The average Bonchev–Trinajstić information content (AvgIpc) is 0.811. The first-order chi connectivity index (χ1) is 1.73. The molecule has 0 spiro atoms. The van der Waals surface area contributed by atoms with Crippen molar-refractivity contribution in [2.45, 2.75) is 0 Å². The molecule has 0 fully saturated rings. The maximum atomic E-state index is 8.52. The largest absolute Gasteiger partial charge is 3.00 e. The van der Waals surface area contributed by atoms with Gasteiger partial charge in [0.25, 0.3) is 0 Å². The molecule has 0 aliphatic heterocycles. The molecular formula is O4Pr2Si+2. The minimum absolute atomic E-state index is 0. The van der Waals surface area contributed by atoms with Crippen LogP contribution in [-0.4, -0.2) is 9.17 Å². The molecule has 0 rings (SSSR count). The third-order valence-electron chi connectivity index (χ3n) is 0. The summed E-state index contributed by atoms with van der Waals surface area (Å²) in [5, 5.41) is 0. The molecule has 0 saturated carbocycles. The summed E-state index contributed by atoms with van der Waals surface area (Å²) in [7, 11) is -3.63. The average molecular weight is 374 g/mol. The van der Waals surface area contributed by atoms with Crippen molar-refractivity contribution in [2.75, 3.05) is 0 Å². The van der Waals surface area contributed by atoms with E-state index in [1.807, 2.05) is 0 Å². The first kappa shape index (κ1) is 22.8. The van der Waals surface area contributed by atoms with E-state index in [2.05, 4.69) is 0 Å². The Morgan fingerprint density at radius 3 is 1.14 bits per heavy atom. The van der Waals surface area contributed by atoms with Crippen molar-refractivity contribution >= 4 is 9.17 Å². The van der Waals surface area contributed by atoms with Crippen LogP contribution in [0.2, 0.25) is 0 Å². The first-order valence-electron chi connectivity index (χ1n) is 0.612. The van der Waals surface area contributed by atoms with Gasteiger partial charge >= 0.3 is 82.6 Å². The predicted octanol–water partition coefficient (Wildman–Crippen LogP) is -3.00. The zero-order valence-corrected chi connectivity index (χ0v) is 11.7. The molecular weight excluding hydrogens is 374 g/mol. The molecule has 0 aromatic rings. The summed E-state index contributed by atoms with van der Waals surface area (Å²) in [6.45, 7) is 0. The Morgan fingerprint density at radius 1 is 1.14 bits per heavy atom. The van der Waals surface area contributed by atoms with E-state index in [0.29, 0.717) is 0 Å². The number of rotatable bonds is 0. The van der Waals surface area contributed by atoms with Crippen LogP contribution in [0.1, 0.15) is 0 Å². The topological polar surface area (TPSA) is 91.7 Å². The summed E-state index contributed by atoms with van der Waals surface area (Å²) in [6, 6.07) is 0. The van der Waals surface area contributed by atoms with Crippen LogP contribution in [0.15, 0.2) is 0 Å². The fourth-order valence-corrected chi connectivity index (χ4v) is 0. The van der Waals surface area contributed by atoms with Crippen molar-refractivity contribution in [1.82, 2.24) is 0 Å². The van der Waals surface area contributed by atoms with Crippen LogP contribution in [0, 0.1) is 82.6 Å². The molecule has 0 aliphatic rings. The molecule has 0 aromatic heterocycles. The third kappa shape index (κ3) is 62.2. The van der Waals surface area contributed by atoms with Crippen LogP contribution in [0.4, 0.5) is 0 Å². The van der Waals surface area contributed by atoms with E-state index in [1.165, 1.54) is 0 Å². The normalized spacial score (nSPS) is 3.43. The second-order valence-corrected chi connectivity index (χ2v) is 0.750. The fourth-order valence-electron chi connectivity index (χ4n) is 0. The second-order valence-electron chi connectivity index (χ2n) is 0.250. The maximum Gasteiger partial charge on any atom is 3.00 e. The Bertz CT molecular complexity index is 32.7. The van der Waals surface area contributed by atoms with Gasteiger partial charge in [-0.1, -0.05) is 0 Å². The monoisotopic (exact) mass is 374 g/mol.